The van der Waals surface area contributed by atoms with E-state index in [4.69, 9.17) is 15.3 Å². The van der Waals surface area contributed by atoms with Crippen LogP contribution < -0.4 is 5.32 Å². The van der Waals surface area contributed by atoms with Crippen LogP contribution in [0.2, 0.25) is 0 Å². The summed E-state index contributed by atoms with van der Waals surface area (Å²) in [5.74, 6) is 0. The topological polar surface area (TPSA) is 336 Å². The number of nitrogens with one attached hydrogen (secondary N) is 1. The zero-order valence-electron chi connectivity index (χ0n) is 19.7. The lowest BCUT2D eigenvalue weighted by atomic mass is 10.0. The number of urea groups is 1. The number of aliphatic hydroxyl groups excluding tert-OH is 15. The minimum absolute atomic E-state index is 0.496. The van der Waals surface area contributed by atoms with Gasteiger partial charge in [-0.05, 0) is 0 Å². The van der Waals surface area contributed by atoms with Gasteiger partial charge in [-0.25, -0.2) is 4.79 Å². The zero-order valence-corrected chi connectivity index (χ0v) is 19.7. The van der Waals surface area contributed by atoms with Gasteiger partial charge >= 0.3 is 6.03 Å². The number of aliphatic hydroxyl groups is 15. The highest BCUT2D eigenvalue weighted by atomic mass is 16.4. The summed E-state index contributed by atoms with van der Waals surface area (Å²) >= 11 is 0. The summed E-state index contributed by atoms with van der Waals surface area (Å²) < 4.78 is 0. The third-order valence-corrected chi connectivity index (χ3v) is 5.54. The molecule has 12 unspecified atom stereocenters. The Morgan fingerprint density at radius 1 is 0.486 bits per heavy atom. The highest BCUT2D eigenvalue weighted by Crippen LogP contribution is 2.11. The first-order valence-electron chi connectivity index (χ1n) is 11.2. The van der Waals surface area contributed by atoms with E-state index in [2.05, 4.69) is 0 Å². The van der Waals surface area contributed by atoms with Gasteiger partial charge in [0, 0.05) is 6.54 Å². The van der Waals surface area contributed by atoms with Gasteiger partial charge in [0.1, 0.15) is 67.1 Å². The Morgan fingerprint density at radius 2 is 0.757 bits per heavy atom. The normalized spacial score (nSPS) is 21.9. The first kappa shape index (κ1) is 35.7. The van der Waals surface area contributed by atoms with E-state index >= 15 is 0 Å². The maximum Gasteiger partial charge on any atom is 0.317 e. The molecule has 0 spiro atoms. The number of hydrogen-bond donors (Lipinski definition) is 16. The van der Waals surface area contributed by atoms with Gasteiger partial charge in [-0.15, -0.1) is 0 Å². The summed E-state index contributed by atoms with van der Waals surface area (Å²) in [4.78, 5) is 13.1. The van der Waals surface area contributed by atoms with Crippen LogP contribution >= 0.6 is 0 Å². The van der Waals surface area contributed by atoms with Gasteiger partial charge in [0.25, 0.3) is 0 Å². The SMILES string of the molecule is O=C(NCC(O)C(O)C(O)C(O)CO)N(CC(O)C(O)C(O)C(O)CO)CC(O)C(O)C(O)C(O)CO. The third kappa shape index (κ3) is 11.1. The molecule has 0 aromatic heterocycles. The van der Waals surface area contributed by atoms with E-state index in [1.807, 2.05) is 5.32 Å². The Hall–Kier alpha value is -1.33. The van der Waals surface area contributed by atoms with Crippen molar-refractivity contribution in [1.82, 2.24) is 10.2 Å². The molecule has 2 amide bonds. The van der Waals surface area contributed by atoms with Crippen molar-refractivity contribution in [3.05, 3.63) is 0 Å². The van der Waals surface area contributed by atoms with Gasteiger partial charge in [-0.1, -0.05) is 0 Å². The summed E-state index contributed by atoms with van der Waals surface area (Å²) in [6.07, 6.45) is -24.1. The molecule has 0 bridgehead atoms. The molecule has 0 heterocycles. The Morgan fingerprint density at radius 3 is 1.05 bits per heavy atom. The summed E-state index contributed by atoms with van der Waals surface area (Å²) in [5.41, 5.74) is 0. The van der Waals surface area contributed by atoms with Crippen LogP contribution in [0.5, 0.6) is 0 Å². The lowest BCUT2D eigenvalue weighted by Crippen LogP contribution is -2.57. The van der Waals surface area contributed by atoms with E-state index < -0.39 is 119 Å². The number of nitrogens with zero attached hydrogens (tertiary/aromatic N) is 1. The molecule has 0 rings (SSSR count). The Bertz CT molecular complexity index is 605. The molecule has 37 heavy (non-hydrogen) atoms. The molecular formula is C19H40N2O16. The van der Waals surface area contributed by atoms with Gasteiger partial charge in [0.05, 0.1) is 39.0 Å². The minimum Gasteiger partial charge on any atom is -0.394 e. The van der Waals surface area contributed by atoms with E-state index in [1.165, 1.54) is 0 Å². The van der Waals surface area contributed by atoms with Crippen LogP contribution in [0.4, 0.5) is 4.79 Å². The van der Waals surface area contributed by atoms with Crippen molar-refractivity contribution in [2.24, 2.45) is 0 Å². The minimum atomic E-state index is -2.15. The number of hydrogen-bond acceptors (Lipinski definition) is 16. The highest BCUT2D eigenvalue weighted by Gasteiger charge is 2.36. The van der Waals surface area contributed by atoms with E-state index in [1.54, 1.807) is 0 Å². The maximum absolute atomic E-state index is 12.6. The van der Waals surface area contributed by atoms with Gasteiger partial charge in [-0.2, -0.15) is 0 Å². The average molecular weight is 553 g/mol. The van der Waals surface area contributed by atoms with Crippen molar-refractivity contribution in [2.75, 3.05) is 39.5 Å². The van der Waals surface area contributed by atoms with Crippen molar-refractivity contribution in [3.8, 4) is 0 Å². The molecule has 222 valence electrons. The highest BCUT2D eigenvalue weighted by molar-refractivity contribution is 5.74. The first-order valence-corrected chi connectivity index (χ1v) is 11.2. The van der Waals surface area contributed by atoms with E-state index in [0.717, 1.165) is 0 Å². The molecule has 18 nitrogen and oxygen atoms in total. The van der Waals surface area contributed by atoms with Gasteiger partial charge in [0.15, 0.2) is 0 Å². The molecule has 16 N–H and O–H groups in total. The fourth-order valence-electron chi connectivity index (χ4n) is 3.02. The molecule has 0 aromatic rings. The second-order valence-corrected chi connectivity index (χ2v) is 8.49. The quantitative estimate of drug-likeness (QED) is 0.0750. The molecular weight excluding hydrogens is 512 g/mol. The van der Waals surface area contributed by atoms with Crippen LogP contribution in [-0.2, 0) is 0 Å². The molecule has 0 saturated heterocycles. The smallest absolute Gasteiger partial charge is 0.317 e. The molecule has 12 atom stereocenters. The third-order valence-electron chi connectivity index (χ3n) is 5.54. The lowest BCUT2D eigenvalue weighted by molar-refractivity contribution is -0.127. The van der Waals surface area contributed by atoms with Crippen LogP contribution in [0.1, 0.15) is 0 Å². The molecule has 0 aliphatic rings. The predicted molar refractivity (Wildman–Crippen MR) is 118 cm³/mol. The van der Waals surface area contributed by atoms with Crippen molar-refractivity contribution in [2.45, 2.75) is 73.2 Å². The lowest BCUT2D eigenvalue weighted by Gasteiger charge is -2.34. The van der Waals surface area contributed by atoms with Crippen LogP contribution in [0.25, 0.3) is 0 Å². The summed E-state index contributed by atoms with van der Waals surface area (Å²) in [6.45, 7) is -5.64. The Labute approximate surface area is 211 Å². The molecule has 18 heteroatoms. The second kappa shape index (κ2) is 17.3. The Balaban J connectivity index is 5.55. The van der Waals surface area contributed by atoms with Crippen molar-refractivity contribution in [1.29, 1.82) is 0 Å². The molecule has 0 radical (unpaired) electrons. The van der Waals surface area contributed by atoms with Gasteiger partial charge < -0.3 is 86.8 Å². The van der Waals surface area contributed by atoms with Gasteiger partial charge in [-0.3, -0.25) is 0 Å². The molecule has 0 aliphatic heterocycles. The monoisotopic (exact) mass is 552 g/mol. The molecule has 0 aliphatic carbocycles. The number of rotatable bonds is 18. The second-order valence-electron chi connectivity index (χ2n) is 8.49. The zero-order chi connectivity index (χ0) is 29.0. The number of amides is 2. The van der Waals surface area contributed by atoms with Crippen molar-refractivity contribution >= 4 is 6.03 Å². The van der Waals surface area contributed by atoms with Crippen molar-refractivity contribution < 1.29 is 81.4 Å². The van der Waals surface area contributed by atoms with Crippen LogP contribution in [0.3, 0.4) is 0 Å². The van der Waals surface area contributed by atoms with Crippen LogP contribution in [0.15, 0.2) is 0 Å². The number of carbonyl (C=O) groups is 1. The van der Waals surface area contributed by atoms with E-state index in [9.17, 15) is 66.1 Å². The van der Waals surface area contributed by atoms with Crippen molar-refractivity contribution in [3.63, 3.8) is 0 Å². The maximum atomic E-state index is 12.6. The predicted octanol–water partition coefficient (Wildman–Crippen LogP) is -9.69. The summed E-state index contributed by atoms with van der Waals surface area (Å²) in [7, 11) is 0. The van der Waals surface area contributed by atoms with Crippen LogP contribution in [-0.4, -0.2) is 200 Å². The average Bonchev–Trinajstić information content (AvgIpc) is 2.90. The van der Waals surface area contributed by atoms with Gasteiger partial charge in [0.2, 0.25) is 0 Å². The molecule has 0 aromatic carbocycles. The summed E-state index contributed by atoms with van der Waals surface area (Å²) in [6, 6.07) is -1.25. The summed E-state index contributed by atoms with van der Waals surface area (Å²) in [5, 5.41) is 146. The van der Waals surface area contributed by atoms with Crippen LogP contribution in [0, 0.1) is 0 Å². The Kier molecular flexibility index (Phi) is 16.7. The largest absolute Gasteiger partial charge is 0.394 e. The fourth-order valence-corrected chi connectivity index (χ4v) is 3.02. The standard InChI is InChI=1S/C19H40N2O16/c22-4-10(28)16(34)13(31)7(25)1-20-19(37)21(2-8(26)14(32)17(35)11(29)5-23)3-9(27)15(33)18(36)12(30)6-24/h7-18,22-36H,1-6H2,(H,20,37). The number of carbonyl (C=O) groups excluding carboxylic acids is 1. The fraction of sp³-hybridized carbons (Fsp3) is 0.947. The van der Waals surface area contributed by atoms with E-state index in [0.29, 0.717) is 4.90 Å². The molecule has 0 fully saturated rings. The molecule has 0 saturated carbocycles. The van der Waals surface area contributed by atoms with E-state index in [-0.39, 0.29) is 0 Å². The first-order chi connectivity index (χ1) is 17.1.